The molecule has 0 bridgehead atoms. The number of ether oxygens (including phenoxy) is 2. The van der Waals surface area contributed by atoms with Crippen molar-refractivity contribution in [1.82, 2.24) is 15.2 Å². The highest BCUT2D eigenvalue weighted by atomic mass is 35.5. The molecule has 1 saturated heterocycles. The smallest absolute Gasteiger partial charge is 0.220 e. The number of hydrogen-bond donors (Lipinski definition) is 1. The lowest BCUT2D eigenvalue weighted by molar-refractivity contribution is -0.123. The molecule has 1 amide bonds. The van der Waals surface area contributed by atoms with Crippen molar-refractivity contribution in [3.63, 3.8) is 0 Å². The number of benzene rings is 1. The topological polar surface area (TPSA) is 63.7 Å². The molecule has 2 aromatic rings. The summed E-state index contributed by atoms with van der Waals surface area (Å²) in [7, 11) is 3.39. The maximum atomic E-state index is 12.6. The van der Waals surface area contributed by atoms with Gasteiger partial charge in [-0.3, -0.25) is 14.7 Å². The van der Waals surface area contributed by atoms with Gasteiger partial charge in [0.2, 0.25) is 5.91 Å². The monoisotopic (exact) mass is 461 g/mol. The average molecular weight is 462 g/mol. The molecule has 1 aromatic carbocycles. The first-order valence-electron chi connectivity index (χ1n) is 11.1. The standard InChI is InChI=1S/C25H35N3O3.ClH/c1-18(2)15-24(29)27-25(21-10-5-6-13-26-21)19-9-8-14-28(16-19)17-20-22(30-3)11-7-12-23(20)31-4;/h5-7,10-13,18-19,25H,8-9,14-17H2,1-4H3,(H,27,29);1H. The van der Waals surface area contributed by atoms with Gasteiger partial charge < -0.3 is 14.8 Å². The Morgan fingerprint density at radius 1 is 1.16 bits per heavy atom. The van der Waals surface area contributed by atoms with Crippen molar-refractivity contribution < 1.29 is 14.3 Å². The molecule has 1 aliphatic heterocycles. The first kappa shape index (κ1) is 25.9. The van der Waals surface area contributed by atoms with E-state index in [0.29, 0.717) is 18.3 Å². The number of carbonyl (C=O) groups excluding carboxylic acids is 1. The van der Waals surface area contributed by atoms with Crippen molar-refractivity contribution in [1.29, 1.82) is 0 Å². The molecule has 1 N–H and O–H groups in total. The summed E-state index contributed by atoms with van der Waals surface area (Å²) in [5.41, 5.74) is 1.99. The quantitative estimate of drug-likeness (QED) is 0.589. The van der Waals surface area contributed by atoms with Crippen molar-refractivity contribution in [2.24, 2.45) is 11.8 Å². The van der Waals surface area contributed by atoms with Gasteiger partial charge in [-0.25, -0.2) is 0 Å². The SMILES string of the molecule is COc1cccc(OC)c1CN1CCCC(C(NC(=O)CC(C)C)c2ccccn2)C1.Cl. The van der Waals surface area contributed by atoms with Crippen LogP contribution in [0.5, 0.6) is 11.5 Å². The van der Waals surface area contributed by atoms with E-state index in [-0.39, 0.29) is 24.4 Å². The lowest BCUT2D eigenvalue weighted by atomic mass is 9.88. The minimum atomic E-state index is -0.0881. The molecule has 0 spiro atoms. The molecule has 176 valence electrons. The predicted molar refractivity (Wildman–Crippen MR) is 129 cm³/mol. The van der Waals surface area contributed by atoms with E-state index in [1.165, 1.54) is 0 Å². The number of nitrogens with one attached hydrogen (secondary N) is 1. The highest BCUT2D eigenvalue weighted by Crippen LogP contribution is 2.33. The van der Waals surface area contributed by atoms with Crippen molar-refractivity contribution in [3.8, 4) is 11.5 Å². The Morgan fingerprint density at radius 2 is 1.88 bits per heavy atom. The number of amides is 1. The Hall–Kier alpha value is -2.31. The maximum Gasteiger partial charge on any atom is 0.220 e. The van der Waals surface area contributed by atoms with E-state index in [0.717, 1.165) is 55.2 Å². The fourth-order valence-electron chi connectivity index (χ4n) is 4.41. The lowest BCUT2D eigenvalue weighted by Gasteiger charge is -2.37. The van der Waals surface area contributed by atoms with Crippen LogP contribution in [0.15, 0.2) is 42.6 Å². The van der Waals surface area contributed by atoms with Crippen molar-refractivity contribution >= 4 is 18.3 Å². The van der Waals surface area contributed by atoms with Crippen LogP contribution >= 0.6 is 12.4 Å². The number of methoxy groups -OCH3 is 2. The lowest BCUT2D eigenvalue weighted by Crippen LogP contribution is -2.43. The van der Waals surface area contributed by atoms with E-state index < -0.39 is 0 Å². The Balaban J connectivity index is 0.00000363. The first-order valence-corrected chi connectivity index (χ1v) is 11.1. The Morgan fingerprint density at radius 3 is 2.47 bits per heavy atom. The molecule has 0 saturated carbocycles. The van der Waals surface area contributed by atoms with Gasteiger partial charge in [0.1, 0.15) is 11.5 Å². The molecular formula is C25H36ClN3O3. The number of rotatable bonds is 9. The van der Waals surface area contributed by atoms with Crippen LogP contribution in [0, 0.1) is 11.8 Å². The molecule has 0 radical (unpaired) electrons. The van der Waals surface area contributed by atoms with E-state index in [2.05, 4.69) is 29.0 Å². The van der Waals surface area contributed by atoms with Crippen LogP contribution in [0.1, 0.15) is 50.4 Å². The van der Waals surface area contributed by atoms with Crippen LogP contribution in [0.25, 0.3) is 0 Å². The third-order valence-corrected chi connectivity index (χ3v) is 5.84. The number of pyridine rings is 1. The second-order valence-electron chi connectivity index (χ2n) is 8.68. The molecule has 1 fully saturated rings. The summed E-state index contributed by atoms with van der Waals surface area (Å²) in [5.74, 6) is 2.39. The van der Waals surface area contributed by atoms with Gasteiger partial charge in [-0.2, -0.15) is 0 Å². The summed E-state index contributed by atoms with van der Waals surface area (Å²) in [6.45, 7) is 6.77. The molecule has 1 aromatic heterocycles. The number of likely N-dealkylation sites (tertiary alicyclic amines) is 1. The number of carbonyl (C=O) groups is 1. The molecule has 3 rings (SSSR count). The number of halogens is 1. The third kappa shape index (κ3) is 6.84. The van der Waals surface area contributed by atoms with Gasteiger partial charge in [0.05, 0.1) is 31.5 Å². The third-order valence-electron chi connectivity index (χ3n) is 5.84. The molecule has 2 unspecified atom stereocenters. The normalized spacial score (nSPS) is 17.3. The van der Waals surface area contributed by atoms with Crippen LogP contribution < -0.4 is 14.8 Å². The van der Waals surface area contributed by atoms with Crippen LogP contribution in [0.2, 0.25) is 0 Å². The second-order valence-corrected chi connectivity index (χ2v) is 8.68. The van der Waals surface area contributed by atoms with Crippen molar-refractivity contribution in [3.05, 3.63) is 53.9 Å². The second kappa shape index (κ2) is 12.7. The molecule has 32 heavy (non-hydrogen) atoms. The average Bonchev–Trinajstić information content (AvgIpc) is 2.78. The van der Waals surface area contributed by atoms with Crippen LogP contribution in [0.3, 0.4) is 0 Å². The summed E-state index contributed by atoms with van der Waals surface area (Å²) in [6, 6.07) is 11.7. The number of aromatic nitrogens is 1. The zero-order chi connectivity index (χ0) is 22.2. The van der Waals surface area contributed by atoms with Gasteiger partial charge in [-0.1, -0.05) is 26.0 Å². The van der Waals surface area contributed by atoms with Crippen LogP contribution in [0.4, 0.5) is 0 Å². The molecule has 6 nitrogen and oxygen atoms in total. The van der Waals surface area contributed by atoms with Crippen LogP contribution in [-0.4, -0.2) is 43.1 Å². The minimum absolute atomic E-state index is 0. The fraction of sp³-hybridized carbons (Fsp3) is 0.520. The predicted octanol–water partition coefficient (Wildman–Crippen LogP) is 4.64. The summed E-state index contributed by atoms with van der Waals surface area (Å²) >= 11 is 0. The van der Waals surface area contributed by atoms with Gasteiger partial charge in [-0.05, 0) is 55.5 Å². The molecule has 0 aliphatic carbocycles. The summed E-state index contributed by atoms with van der Waals surface area (Å²) in [4.78, 5) is 19.6. The van der Waals surface area contributed by atoms with Crippen molar-refractivity contribution in [2.45, 2.75) is 45.7 Å². The van der Waals surface area contributed by atoms with Crippen molar-refractivity contribution in [2.75, 3.05) is 27.3 Å². The van der Waals surface area contributed by atoms with E-state index >= 15 is 0 Å². The van der Waals surface area contributed by atoms with E-state index in [4.69, 9.17) is 9.47 Å². The number of piperidine rings is 1. The van der Waals surface area contributed by atoms with Crippen LogP contribution in [-0.2, 0) is 11.3 Å². The van der Waals surface area contributed by atoms with E-state index in [1.54, 1.807) is 20.4 Å². The zero-order valence-corrected chi connectivity index (χ0v) is 20.4. The molecule has 2 atom stereocenters. The van der Waals surface area contributed by atoms with Gasteiger partial charge in [0.15, 0.2) is 0 Å². The summed E-state index contributed by atoms with van der Waals surface area (Å²) < 4.78 is 11.2. The Bertz CT molecular complexity index is 825. The molecule has 1 aliphatic rings. The highest BCUT2D eigenvalue weighted by molar-refractivity contribution is 5.85. The molecule has 2 heterocycles. The van der Waals surface area contributed by atoms with Gasteiger partial charge in [-0.15, -0.1) is 12.4 Å². The molecular weight excluding hydrogens is 426 g/mol. The van der Waals surface area contributed by atoms with E-state index in [9.17, 15) is 4.79 Å². The Kier molecular flexibility index (Phi) is 10.3. The fourth-order valence-corrected chi connectivity index (χ4v) is 4.41. The Labute approximate surface area is 198 Å². The minimum Gasteiger partial charge on any atom is -0.496 e. The largest absolute Gasteiger partial charge is 0.496 e. The number of hydrogen-bond acceptors (Lipinski definition) is 5. The van der Waals surface area contributed by atoms with Gasteiger partial charge in [0.25, 0.3) is 0 Å². The van der Waals surface area contributed by atoms with Gasteiger partial charge in [0, 0.05) is 25.7 Å². The maximum absolute atomic E-state index is 12.6. The first-order chi connectivity index (χ1) is 15.0. The zero-order valence-electron chi connectivity index (χ0n) is 19.5. The number of nitrogens with zero attached hydrogens (tertiary/aromatic N) is 2. The summed E-state index contributed by atoms with van der Waals surface area (Å²) in [5, 5.41) is 3.29. The molecule has 7 heteroatoms. The van der Waals surface area contributed by atoms with Gasteiger partial charge >= 0.3 is 0 Å². The van der Waals surface area contributed by atoms with E-state index in [1.807, 2.05) is 36.4 Å². The summed E-state index contributed by atoms with van der Waals surface area (Å²) in [6.07, 6.45) is 4.46. The highest BCUT2D eigenvalue weighted by Gasteiger charge is 2.31.